The highest BCUT2D eigenvalue weighted by atomic mass is 79.9. The third-order valence-electron chi connectivity index (χ3n) is 4.16. The van der Waals surface area contributed by atoms with Gasteiger partial charge in [-0.25, -0.2) is 0 Å². The van der Waals surface area contributed by atoms with Crippen LogP contribution in [0.25, 0.3) is 0 Å². The van der Waals surface area contributed by atoms with Crippen LogP contribution < -0.4 is 5.32 Å². The van der Waals surface area contributed by atoms with Gasteiger partial charge in [0, 0.05) is 34.3 Å². The number of halogens is 1. The average molecular weight is 425 g/mol. The largest absolute Gasteiger partial charge is 0.378 e. The van der Waals surface area contributed by atoms with Crippen molar-refractivity contribution < 1.29 is 9.72 Å². The van der Waals surface area contributed by atoms with Crippen molar-refractivity contribution in [2.24, 2.45) is 0 Å². The first-order valence-corrected chi connectivity index (χ1v) is 9.17. The van der Waals surface area contributed by atoms with Gasteiger partial charge in [0.15, 0.2) is 5.78 Å². The molecule has 0 fully saturated rings. The van der Waals surface area contributed by atoms with E-state index in [4.69, 9.17) is 0 Å². The minimum absolute atomic E-state index is 0.00134. The van der Waals surface area contributed by atoms with Gasteiger partial charge in [-0.2, -0.15) is 0 Å². The van der Waals surface area contributed by atoms with E-state index in [1.165, 1.54) is 12.1 Å². The van der Waals surface area contributed by atoms with Crippen LogP contribution >= 0.6 is 15.9 Å². The normalized spacial score (nSPS) is 11.6. The number of carbonyl (C=O) groups excluding carboxylic acids is 1. The lowest BCUT2D eigenvalue weighted by Crippen LogP contribution is -2.16. The summed E-state index contributed by atoms with van der Waals surface area (Å²) in [5.74, 6) is 0.00134. The topological polar surface area (TPSA) is 72.2 Å². The number of hydrogen-bond donors (Lipinski definition) is 1. The van der Waals surface area contributed by atoms with Gasteiger partial charge in [-0.3, -0.25) is 14.9 Å². The van der Waals surface area contributed by atoms with Crippen LogP contribution in [0.4, 0.5) is 11.4 Å². The quantitative estimate of drug-likeness (QED) is 0.296. The molecule has 1 N–H and O–H groups in total. The minimum Gasteiger partial charge on any atom is -0.378 e. The van der Waals surface area contributed by atoms with Crippen molar-refractivity contribution in [3.05, 3.63) is 105 Å². The number of nitrogens with zero attached hydrogens (tertiary/aromatic N) is 1. The van der Waals surface area contributed by atoms with Crippen LogP contribution in [-0.4, -0.2) is 10.7 Å². The molecular formula is C21H17BrN2O3. The molecule has 0 radical (unpaired) electrons. The van der Waals surface area contributed by atoms with E-state index in [1.54, 1.807) is 24.3 Å². The summed E-state index contributed by atoms with van der Waals surface area (Å²) in [4.78, 5) is 23.3. The molecule has 0 saturated carbocycles. The number of nitro benzene ring substituents is 1. The second-order valence-electron chi connectivity index (χ2n) is 6.05. The summed E-state index contributed by atoms with van der Waals surface area (Å²) in [6.45, 7) is 0. The molecule has 5 nitrogen and oxygen atoms in total. The van der Waals surface area contributed by atoms with E-state index < -0.39 is 4.92 Å². The molecule has 0 spiro atoms. The highest BCUT2D eigenvalue weighted by Gasteiger charge is 2.18. The monoisotopic (exact) mass is 424 g/mol. The predicted molar refractivity (Wildman–Crippen MR) is 109 cm³/mol. The number of nitro groups is 1. The summed E-state index contributed by atoms with van der Waals surface area (Å²) in [5, 5.41) is 14.3. The first-order chi connectivity index (χ1) is 13.0. The average Bonchev–Trinajstić information content (AvgIpc) is 2.69. The molecule has 0 aliphatic carbocycles. The first-order valence-electron chi connectivity index (χ1n) is 8.37. The molecule has 1 atom stereocenters. The molecule has 136 valence electrons. The van der Waals surface area contributed by atoms with Crippen LogP contribution in [0.5, 0.6) is 0 Å². The van der Waals surface area contributed by atoms with Gasteiger partial charge in [-0.05, 0) is 23.8 Å². The fourth-order valence-corrected chi connectivity index (χ4v) is 3.05. The molecule has 3 rings (SSSR count). The number of Topliss-reactive ketones (excluding diaryl/α,β-unsaturated/α-hetero) is 1. The number of ketones is 1. The highest BCUT2D eigenvalue weighted by molar-refractivity contribution is 9.10. The number of anilines is 1. The van der Waals surface area contributed by atoms with E-state index in [-0.39, 0.29) is 23.9 Å². The molecule has 0 amide bonds. The van der Waals surface area contributed by atoms with Crippen molar-refractivity contribution in [1.82, 2.24) is 0 Å². The van der Waals surface area contributed by atoms with Crippen LogP contribution in [0.2, 0.25) is 0 Å². The minimum atomic E-state index is -0.436. The standard InChI is InChI=1S/C21H17BrN2O3/c22-17-11-9-15(10-12-17)20(14-21(25)16-5-2-1-3-6-16)23-18-7-4-8-19(13-18)24(26)27/h1-13,20,23H,14H2. The Kier molecular flexibility index (Phi) is 5.98. The molecule has 6 heteroatoms. The fourth-order valence-electron chi connectivity index (χ4n) is 2.79. The molecule has 0 aliphatic heterocycles. The van der Waals surface area contributed by atoms with E-state index >= 15 is 0 Å². The summed E-state index contributed by atoms with van der Waals surface area (Å²) in [6, 6.07) is 22.7. The summed E-state index contributed by atoms with van der Waals surface area (Å²) >= 11 is 3.41. The lowest BCUT2D eigenvalue weighted by molar-refractivity contribution is -0.384. The van der Waals surface area contributed by atoms with Crippen LogP contribution in [0.1, 0.15) is 28.4 Å². The maximum absolute atomic E-state index is 12.7. The molecule has 0 saturated heterocycles. The van der Waals surface area contributed by atoms with Crippen LogP contribution in [0.15, 0.2) is 83.3 Å². The van der Waals surface area contributed by atoms with Gasteiger partial charge in [-0.15, -0.1) is 0 Å². The van der Waals surface area contributed by atoms with Crippen LogP contribution in [-0.2, 0) is 0 Å². The van der Waals surface area contributed by atoms with Crippen LogP contribution in [0, 0.1) is 10.1 Å². The lowest BCUT2D eigenvalue weighted by atomic mass is 9.97. The molecular weight excluding hydrogens is 408 g/mol. The zero-order chi connectivity index (χ0) is 19.2. The second-order valence-corrected chi connectivity index (χ2v) is 6.96. The second kappa shape index (κ2) is 8.60. The van der Waals surface area contributed by atoms with Crippen molar-refractivity contribution in [2.45, 2.75) is 12.5 Å². The Morgan fingerprint density at radius 2 is 1.70 bits per heavy atom. The third-order valence-corrected chi connectivity index (χ3v) is 4.68. The Hall–Kier alpha value is -2.99. The van der Waals surface area contributed by atoms with Crippen molar-refractivity contribution >= 4 is 33.1 Å². The molecule has 3 aromatic rings. The van der Waals surface area contributed by atoms with Gasteiger partial charge in [0.1, 0.15) is 0 Å². The lowest BCUT2D eigenvalue weighted by Gasteiger charge is -2.20. The SMILES string of the molecule is O=C(CC(Nc1cccc([N+](=O)[O-])c1)c1ccc(Br)cc1)c1ccccc1. The number of rotatable bonds is 7. The Bertz CT molecular complexity index is 943. The molecule has 0 bridgehead atoms. The van der Waals surface area contributed by atoms with Crippen molar-refractivity contribution in [3.8, 4) is 0 Å². The zero-order valence-corrected chi connectivity index (χ0v) is 15.9. The summed E-state index contributed by atoms with van der Waals surface area (Å²) in [6.07, 6.45) is 0.230. The number of carbonyl (C=O) groups is 1. The van der Waals surface area contributed by atoms with Gasteiger partial charge in [0.25, 0.3) is 5.69 Å². The van der Waals surface area contributed by atoms with E-state index in [0.29, 0.717) is 11.3 Å². The molecule has 27 heavy (non-hydrogen) atoms. The number of non-ortho nitro benzene ring substituents is 1. The maximum Gasteiger partial charge on any atom is 0.271 e. The Morgan fingerprint density at radius 1 is 1.00 bits per heavy atom. The third kappa shape index (κ3) is 5.01. The Morgan fingerprint density at radius 3 is 2.37 bits per heavy atom. The highest BCUT2D eigenvalue weighted by Crippen LogP contribution is 2.27. The van der Waals surface area contributed by atoms with Crippen molar-refractivity contribution in [1.29, 1.82) is 0 Å². The van der Waals surface area contributed by atoms with E-state index in [0.717, 1.165) is 10.0 Å². The zero-order valence-electron chi connectivity index (χ0n) is 14.3. The van der Waals surface area contributed by atoms with Crippen LogP contribution in [0.3, 0.4) is 0 Å². The Balaban J connectivity index is 1.88. The summed E-state index contributed by atoms with van der Waals surface area (Å²) in [7, 11) is 0. The van der Waals surface area contributed by atoms with Gasteiger partial charge in [-0.1, -0.05) is 64.5 Å². The van der Waals surface area contributed by atoms with Gasteiger partial charge in [0.2, 0.25) is 0 Å². The smallest absolute Gasteiger partial charge is 0.271 e. The number of nitrogens with one attached hydrogen (secondary N) is 1. The van der Waals surface area contributed by atoms with E-state index in [1.807, 2.05) is 42.5 Å². The predicted octanol–water partition coefficient (Wildman–Crippen LogP) is 5.78. The van der Waals surface area contributed by atoms with Gasteiger partial charge in [0.05, 0.1) is 11.0 Å². The summed E-state index contributed by atoms with van der Waals surface area (Å²) < 4.78 is 0.940. The molecule has 0 aliphatic rings. The first kappa shape index (κ1) is 18.8. The molecule has 1 unspecified atom stereocenters. The maximum atomic E-state index is 12.7. The van der Waals surface area contributed by atoms with E-state index in [2.05, 4.69) is 21.2 Å². The fraction of sp³-hybridized carbons (Fsp3) is 0.0952. The van der Waals surface area contributed by atoms with Crippen molar-refractivity contribution in [2.75, 3.05) is 5.32 Å². The Labute approximate surface area is 165 Å². The molecule has 3 aromatic carbocycles. The number of hydrogen-bond acceptors (Lipinski definition) is 4. The van der Waals surface area contributed by atoms with Crippen molar-refractivity contribution in [3.63, 3.8) is 0 Å². The molecule has 0 aromatic heterocycles. The molecule has 0 heterocycles. The van der Waals surface area contributed by atoms with Gasteiger partial charge < -0.3 is 5.32 Å². The number of benzene rings is 3. The van der Waals surface area contributed by atoms with E-state index in [9.17, 15) is 14.9 Å². The summed E-state index contributed by atoms with van der Waals surface area (Å²) in [5.41, 5.74) is 2.16. The van der Waals surface area contributed by atoms with Gasteiger partial charge >= 0.3 is 0 Å².